The van der Waals surface area contributed by atoms with E-state index in [0.717, 1.165) is 36.1 Å². The van der Waals surface area contributed by atoms with Crippen LogP contribution >= 0.6 is 0 Å². The number of ether oxygens (including phenoxy) is 3. The van der Waals surface area contributed by atoms with Crippen LogP contribution in [-0.4, -0.2) is 33.9 Å². The van der Waals surface area contributed by atoms with Crippen LogP contribution in [0.3, 0.4) is 0 Å². The number of rotatable bonds is 8. The van der Waals surface area contributed by atoms with E-state index in [-0.39, 0.29) is 11.6 Å². The predicted octanol–water partition coefficient (Wildman–Crippen LogP) is 3.24. The van der Waals surface area contributed by atoms with Crippen molar-refractivity contribution in [3.63, 3.8) is 0 Å². The first-order chi connectivity index (χ1) is 13.1. The van der Waals surface area contributed by atoms with Crippen LogP contribution in [0.1, 0.15) is 24.0 Å². The molecule has 1 aliphatic carbocycles. The van der Waals surface area contributed by atoms with Gasteiger partial charge in [-0.15, -0.1) is 0 Å². The van der Waals surface area contributed by atoms with Crippen molar-refractivity contribution >= 4 is 6.03 Å². The normalized spacial score (nSPS) is 14.2. The average Bonchev–Trinajstić information content (AvgIpc) is 3.48. The van der Waals surface area contributed by atoms with Crippen molar-refractivity contribution in [3.8, 4) is 17.2 Å². The highest BCUT2D eigenvalue weighted by molar-refractivity contribution is 5.75. The first-order valence-corrected chi connectivity index (χ1v) is 9.01. The molecule has 0 atom stereocenters. The molecule has 6 heteroatoms. The molecule has 3 rings (SSSR count). The maximum absolute atomic E-state index is 12.3. The second kappa shape index (κ2) is 8.20. The molecule has 144 valence electrons. The number of methoxy groups -OCH3 is 3. The first kappa shape index (κ1) is 18.9. The summed E-state index contributed by atoms with van der Waals surface area (Å²) in [4.78, 5) is 12.3. The molecule has 2 aromatic carbocycles. The molecule has 0 spiro atoms. The minimum Gasteiger partial charge on any atom is -0.497 e. The molecule has 0 aromatic heterocycles. The van der Waals surface area contributed by atoms with Crippen molar-refractivity contribution in [2.75, 3.05) is 27.9 Å². The Balaban J connectivity index is 1.54. The van der Waals surface area contributed by atoms with Crippen LogP contribution in [0.25, 0.3) is 0 Å². The van der Waals surface area contributed by atoms with Gasteiger partial charge in [-0.3, -0.25) is 0 Å². The van der Waals surface area contributed by atoms with E-state index in [1.807, 2.05) is 42.5 Å². The number of carbonyl (C=O) groups excluding carboxylic acids is 1. The van der Waals surface area contributed by atoms with Crippen molar-refractivity contribution < 1.29 is 19.0 Å². The lowest BCUT2D eigenvalue weighted by Gasteiger charge is -2.20. The van der Waals surface area contributed by atoms with Gasteiger partial charge in [0.1, 0.15) is 5.75 Å². The van der Waals surface area contributed by atoms with Gasteiger partial charge in [0.25, 0.3) is 0 Å². The van der Waals surface area contributed by atoms with Crippen molar-refractivity contribution in [1.82, 2.24) is 10.6 Å². The Morgan fingerprint density at radius 2 is 1.67 bits per heavy atom. The van der Waals surface area contributed by atoms with E-state index in [1.165, 1.54) is 0 Å². The van der Waals surface area contributed by atoms with Gasteiger partial charge in [0, 0.05) is 6.54 Å². The van der Waals surface area contributed by atoms with E-state index in [4.69, 9.17) is 14.2 Å². The zero-order valence-electron chi connectivity index (χ0n) is 16.0. The third kappa shape index (κ3) is 4.45. The molecule has 0 radical (unpaired) electrons. The number of nitrogens with one attached hydrogen (secondary N) is 2. The van der Waals surface area contributed by atoms with Crippen molar-refractivity contribution in [1.29, 1.82) is 0 Å². The van der Waals surface area contributed by atoms with Crippen LogP contribution in [0.5, 0.6) is 17.2 Å². The van der Waals surface area contributed by atoms with E-state index in [1.54, 1.807) is 21.3 Å². The Bertz CT molecular complexity index is 785. The largest absolute Gasteiger partial charge is 0.497 e. The molecule has 2 aromatic rings. The second-order valence-electron chi connectivity index (χ2n) is 6.63. The van der Waals surface area contributed by atoms with Gasteiger partial charge in [-0.05, 0) is 54.7 Å². The minimum atomic E-state index is -0.316. The zero-order valence-corrected chi connectivity index (χ0v) is 16.0. The zero-order chi connectivity index (χ0) is 19.3. The fourth-order valence-corrected chi connectivity index (χ4v) is 3.12. The first-order valence-electron chi connectivity index (χ1n) is 9.01. The molecule has 2 amide bonds. The predicted molar refractivity (Wildman–Crippen MR) is 104 cm³/mol. The molecular weight excluding hydrogens is 344 g/mol. The van der Waals surface area contributed by atoms with Crippen LogP contribution in [0.15, 0.2) is 42.5 Å². The Labute approximate surface area is 159 Å². The number of carbonyl (C=O) groups is 1. The molecule has 0 bridgehead atoms. The van der Waals surface area contributed by atoms with Gasteiger partial charge in [0.2, 0.25) is 0 Å². The highest BCUT2D eigenvalue weighted by Crippen LogP contribution is 2.47. The lowest BCUT2D eigenvalue weighted by molar-refractivity contribution is 0.236. The van der Waals surface area contributed by atoms with Crippen LogP contribution in [0.4, 0.5) is 4.79 Å². The molecule has 0 unspecified atom stereocenters. The molecule has 0 saturated heterocycles. The fraction of sp³-hybridized carbons (Fsp3) is 0.381. The summed E-state index contributed by atoms with van der Waals surface area (Å²) in [6.45, 7) is 0.570. The van der Waals surface area contributed by atoms with Gasteiger partial charge in [0.15, 0.2) is 11.5 Å². The summed E-state index contributed by atoms with van der Waals surface area (Å²) in [5.74, 6) is 2.18. The summed E-state index contributed by atoms with van der Waals surface area (Å²) < 4.78 is 15.8. The van der Waals surface area contributed by atoms with Crippen LogP contribution in [-0.2, 0) is 12.0 Å². The van der Waals surface area contributed by atoms with Crippen LogP contribution in [0.2, 0.25) is 0 Å². The Morgan fingerprint density at radius 1 is 0.963 bits per heavy atom. The highest BCUT2D eigenvalue weighted by Gasteiger charge is 2.46. The van der Waals surface area contributed by atoms with Gasteiger partial charge in [-0.1, -0.05) is 18.2 Å². The topological polar surface area (TPSA) is 68.8 Å². The monoisotopic (exact) mass is 370 g/mol. The van der Waals surface area contributed by atoms with Crippen LogP contribution in [0, 0.1) is 0 Å². The number of benzene rings is 2. The molecule has 1 aliphatic rings. The highest BCUT2D eigenvalue weighted by atomic mass is 16.5. The molecule has 0 aliphatic heterocycles. The number of hydrogen-bond donors (Lipinski definition) is 2. The summed E-state index contributed by atoms with van der Waals surface area (Å²) in [6, 6.07) is 13.5. The molecule has 2 N–H and O–H groups in total. The summed E-state index contributed by atoms with van der Waals surface area (Å²) in [7, 11) is 4.87. The van der Waals surface area contributed by atoms with Crippen LogP contribution < -0.4 is 24.8 Å². The second-order valence-corrected chi connectivity index (χ2v) is 6.63. The minimum absolute atomic E-state index is 0.157. The quantitative estimate of drug-likeness (QED) is 0.748. The molecular formula is C21H26N2O4. The molecule has 0 heterocycles. The molecule has 1 fully saturated rings. The summed E-state index contributed by atoms with van der Waals surface area (Å²) >= 11 is 0. The van der Waals surface area contributed by atoms with Gasteiger partial charge >= 0.3 is 6.03 Å². The molecule has 6 nitrogen and oxygen atoms in total. The molecule has 1 saturated carbocycles. The lowest BCUT2D eigenvalue weighted by Crippen LogP contribution is -2.42. The standard InChI is InChI=1S/C21H26N2O4/c1-25-17-7-4-15(5-8-17)10-13-22-20(24)23-21(11-12-21)16-6-9-18(26-2)19(14-16)27-3/h4-9,14H,10-13H2,1-3H3,(H2,22,23,24). The van der Waals surface area contributed by atoms with Gasteiger partial charge in [0.05, 0.1) is 26.9 Å². The smallest absolute Gasteiger partial charge is 0.315 e. The number of hydrogen-bond acceptors (Lipinski definition) is 4. The van der Waals surface area contributed by atoms with Crippen molar-refractivity contribution in [2.45, 2.75) is 24.8 Å². The maximum Gasteiger partial charge on any atom is 0.315 e. The van der Waals surface area contributed by atoms with E-state index < -0.39 is 0 Å². The Hall–Kier alpha value is -2.89. The summed E-state index contributed by atoms with van der Waals surface area (Å²) in [6.07, 6.45) is 2.59. The molecule has 27 heavy (non-hydrogen) atoms. The Kier molecular flexibility index (Phi) is 5.74. The van der Waals surface area contributed by atoms with Gasteiger partial charge in [-0.2, -0.15) is 0 Å². The maximum atomic E-state index is 12.3. The average molecular weight is 370 g/mol. The lowest BCUT2D eigenvalue weighted by atomic mass is 10.0. The van der Waals surface area contributed by atoms with E-state index in [9.17, 15) is 4.79 Å². The third-order valence-electron chi connectivity index (χ3n) is 4.90. The van der Waals surface area contributed by atoms with E-state index in [0.29, 0.717) is 18.0 Å². The van der Waals surface area contributed by atoms with Gasteiger partial charge < -0.3 is 24.8 Å². The van der Waals surface area contributed by atoms with Crippen molar-refractivity contribution in [3.05, 3.63) is 53.6 Å². The fourth-order valence-electron chi connectivity index (χ4n) is 3.12. The van der Waals surface area contributed by atoms with E-state index >= 15 is 0 Å². The van der Waals surface area contributed by atoms with Crippen molar-refractivity contribution in [2.24, 2.45) is 0 Å². The third-order valence-corrected chi connectivity index (χ3v) is 4.90. The Morgan fingerprint density at radius 3 is 2.26 bits per heavy atom. The summed E-state index contributed by atoms with van der Waals surface area (Å²) in [5, 5.41) is 6.05. The van der Waals surface area contributed by atoms with E-state index in [2.05, 4.69) is 10.6 Å². The van der Waals surface area contributed by atoms with Gasteiger partial charge in [-0.25, -0.2) is 4.79 Å². The summed E-state index contributed by atoms with van der Waals surface area (Å²) in [5.41, 5.74) is 1.87. The SMILES string of the molecule is COc1ccc(CCNC(=O)NC2(c3ccc(OC)c(OC)c3)CC2)cc1. The number of amides is 2. The number of urea groups is 1.